The lowest BCUT2D eigenvalue weighted by molar-refractivity contribution is 0.0941. The first-order valence-electron chi connectivity index (χ1n) is 6.15. The third-order valence-corrected chi connectivity index (χ3v) is 2.54. The van der Waals surface area contributed by atoms with E-state index in [0.717, 1.165) is 6.07 Å². The third kappa shape index (κ3) is 4.23. The number of anilines is 1. The largest absolute Gasteiger partial charge is 0.492 e. The van der Waals surface area contributed by atoms with Crippen molar-refractivity contribution >= 4 is 11.6 Å². The molecule has 5 N–H and O–H groups in total. The van der Waals surface area contributed by atoms with Crippen LogP contribution in [0.25, 0.3) is 0 Å². The number of hydrogen-bond acceptors (Lipinski definition) is 5. The first-order valence-corrected chi connectivity index (χ1v) is 6.15. The molecule has 21 heavy (non-hydrogen) atoms. The van der Waals surface area contributed by atoms with E-state index in [1.165, 1.54) is 0 Å². The van der Waals surface area contributed by atoms with Crippen molar-refractivity contribution < 1.29 is 9.53 Å². The second-order valence-electron chi connectivity index (χ2n) is 4.17. The zero-order valence-electron chi connectivity index (χ0n) is 11.0. The van der Waals surface area contributed by atoms with Gasteiger partial charge in [0.1, 0.15) is 18.1 Å². The summed E-state index contributed by atoms with van der Waals surface area (Å²) in [7, 11) is 0. The lowest BCUT2D eigenvalue weighted by atomic mass is 10.3. The Hall–Kier alpha value is -3.03. The number of hydrogen-bond donors (Lipinski definition) is 4. The van der Waals surface area contributed by atoms with Gasteiger partial charge in [-0.1, -0.05) is 0 Å². The molecule has 0 saturated carbocycles. The van der Waals surface area contributed by atoms with Crippen molar-refractivity contribution in [1.29, 1.82) is 0 Å². The van der Waals surface area contributed by atoms with E-state index >= 15 is 0 Å². The van der Waals surface area contributed by atoms with Crippen molar-refractivity contribution in [1.82, 2.24) is 15.3 Å². The molecule has 2 aromatic rings. The van der Waals surface area contributed by atoms with Crippen molar-refractivity contribution in [2.45, 2.75) is 0 Å². The van der Waals surface area contributed by atoms with E-state index in [0.29, 0.717) is 11.4 Å². The van der Waals surface area contributed by atoms with Crippen LogP contribution >= 0.6 is 0 Å². The summed E-state index contributed by atoms with van der Waals surface area (Å²) in [5, 5.41) is 2.52. The average molecular weight is 290 g/mol. The zero-order valence-corrected chi connectivity index (χ0v) is 11.0. The Balaban J connectivity index is 1.83. The van der Waals surface area contributed by atoms with Crippen LogP contribution in [0.5, 0.6) is 5.75 Å². The maximum atomic E-state index is 11.7. The summed E-state index contributed by atoms with van der Waals surface area (Å²) in [6.45, 7) is 0.459. The molecule has 2 rings (SSSR count). The van der Waals surface area contributed by atoms with E-state index in [9.17, 15) is 14.4 Å². The predicted molar refractivity (Wildman–Crippen MR) is 76.4 cm³/mol. The van der Waals surface area contributed by atoms with Crippen molar-refractivity contribution in [2.75, 3.05) is 18.9 Å². The molecule has 0 spiro atoms. The van der Waals surface area contributed by atoms with Gasteiger partial charge >= 0.3 is 5.69 Å². The molecule has 0 aliphatic carbocycles. The van der Waals surface area contributed by atoms with Gasteiger partial charge in [-0.15, -0.1) is 0 Å². The third-order valence-electron chi connectivity index (χ3n) is 2.54. The number of ether oxygens (including phenoxy) is 1. The highest BCUT2D eigenvalue weighted by atomic mass is 16.5. The summed E-state index contributed by atoms with van der Waals surface area (Å²) in [4.78, 5) is 38.0. The number of carbonyl (C=O) groups excluding carboxylic acids is 1. The van der Waals surface area contributed by atoms with Gasteiger partial charge in [0.15, 0.2) is 0 Å². The minimum atomic E-state index is -0.731. The normalized spacial score (nSPS) is 10.1. The van der Waals surface area contributed by atoms with Crippen molar-refractivity contribution in [3.8, 4) is 5.75 Å². The molecule has 0 fully saturated rings. The Morgan fingerprint density at radius 2 is 1.90 bits per heavy atom. The Labute approximate surface area is 119 Å². The van der Waals surface area contributed by atoms with Crippen LogP contribution in [0.1, 0.15) is 10.5 Å². The molecule has 1 aromatic heterocycles. The van der Waals surface area contributed by atoms with E-state index in [4.69, 9.17) is 10.5 Å². The Morgan fingerprint density at radius 1 is 1.19 bits per heavy atom. The van der Waals surface area contributed by atoms with Crippen LogP contribution in [-0.2, 0) is 0 Å². The number of nitrogens with two attached hydrogens (primary N) is 1. The zero-order chi connectivity index (χ0) is 15.2. The quantitative estimate of drug-likeness (QED) is 0.434. The van der Waals surface area contributed by atoms with Crippen molar-refractivity contribution in [3.05, 3.63) is 56.9 Å². The van der Waals surface area contributed by atoms with E-state index < -0.39 is 17.2 Å². The summed E-state index contributed by atoms with van der Waals surface area (Å²) >= 11 is 0. The van der Waals surface area contributed by atoms with Gasteiger partial charge in [0.25, 0.3) is 11.5 Å². The van der Waals surface area contributed by atoms with Crippen molar-refractivity contribution in [3.63, 3.8) is 0 Å². The molecule has 0 aliphatic heterocycles. The molecule has 110 valence electrons. The smallest absolute Gasteiger partial charge is 0.326 e. The standard InChI is InChI=1S/C13H14N4O4/c14-8-1-3-9(4-2-8)21-6-5-15-12(19)10-7-11(18)17-13(20)16-10/h1-4,7H,5-6,14H2,(H,15,19)(H2,16,17,18,20). The van der Waals surface area contributed by atoms with Crippen LogP contribution in [0, 0.1) is 0 Å². The maximum absolute atomic E-state index is 11.7. The van der Waals surface area contributed by atoms with Gasteiger partial charge in [-0.2, -0.15) is 0 Å². The fraction of sp³-hybridized carbons (Fsp3) is 0.154. The van der Waals surface area contributed by atoms with Crippen LogP contribution in [-0.4, -0.2) is 29.0 Å². The molecular weight excluding hydrogens is 276 g/mol. The van der Waals surface area contributed by atoms with Gasteiger partial charge in [-0.25, -0.2) is 4.79 Å². The monoisotopic (exact) mass is 290 g/mol. The van der Waals surface area contributed by atoms with Gasteiger partial charge < -0.3 is 20.8 Å². The number of nitrogen functional groups attached to an aromatic ring is 1. The minimum Gasteiger partial charge on any atom is -0.492 e. The number of amides is 1. The fourth-order valence-corrected chi connectivity index (χ4v) is 1.58. The molecule has 0 bridgehead atoms. The molecule has 0 saturated heterocycles. The first-order chi connectivity index (χ1) is 10.0. The van der Waals surface area contributed by atoms with E-state index in [1.807, 2.05) is 4.98 Å². The number of aromatic nitrogens is 2. The number of rotatable bonds is 5. The second-order valence-corrected chi connectivity index (χ2v) is 4.17. The highest BCUT2D eigenvalue weighted by Crippen LogP contribution is 2.12. The highest BCUT2D eigenvalue weighted by molar-refractivity contribution is 5.91. The van der Waals surface area contributed by atoms with Crippen LogP contribution in [0.15, 0.2) is 39.9 Å². The fourth-order valence-electron chi connectivity index (χ4n) is 1.58. The maximum Gasteiger partial charge on any atom is 0.326 e. The predicted octanol–water partition coefficient (Wildman–Crippen LogP) is -0.546. The summed E-state index contributed by atoms with van der Waals surface area (Å²) in [6.07, 6.45) is 0. The summed E-state index contributed by atoms with van der Waals surface area (Å²) in [6, 6.07) is 7.85. The number of benzene rings is 1. The van der Waals surface area contributed by atoms with Crippen LogP contribution in [0.4, 0.5) is 5.69 Å². The molecule has 0 atom stereocenters. The molecule has 0 unspecified atom stereocenters. The van der Waals surface area contributed by atoms with E-state index in [2.05, 4.69) is 10.3 Å². The van der Waals surface area contributed by atoms with Gasteiger partial charge in [-0.05, 0) is 24.3 Å². The van der Waals surface area contributed by atoms with Gasteiger partial charge in [-0.3, -0.25) is 14.6 Å². The molecule has 8 nitrogen and oxygen atoms in total. The summed E-state index contributed by atoms with van der Waals surface area (Å²) in [5.74, 6) is 0.0714. The number of nitrogens with one attached hydrogen (secondary N) is 3. The number of carbonyl (C=O) groups is 1. The van der Waals surface area contributed by atoms with Gasteiger partial charge in [0, 0.05) is 11.8 Å². The SMILES string of the molecule is Nc1ccc(OCCNC(=O)c2cc(=O)[nH]c(=O)[nH]2)cc1. The number of aromatic amines is 2. The molecular formula is C13H14N4O4. The van der Waals surface area contributed by atoms with E-state index in [1.54, 1.807) is 24.3 Å². The molecule has 1 aromatic carbocycles. The van der Waals surface area contributed by atoms with Crippen LogP contribution in [0.2, 0.25) is 0 Å². The molecule has 0 radical (unpaired) electrons. The highest BCUT2D eigenvalue weighted by Gasteiger charge is 2.07. The molecule has 8 heteroatoms. The van der Waals surface area contributed by atoms with E-state index in [-0.39, 0.29) is 18.8 Å². The van der Waals surface area contributed by atoms with Crippen LogP contribution < -0.4 is 27.0 Å². The Kier molecular flexibility index (Phi) is 4.39. The summed E-state index contributed by atoms with van der Waals surface area (Å²) in [5.41, 5.74) is 4.71. The van der Waals surface area contributed by atoms with Crippen LogP contribution in [0.3, 0.4) is 0 Å². The van der Waals surface area contributed by atoms with Gasteiger partial charge in [0.05, 0.1) is 6.54 Å². The lowest BCUT2D eigenvalue weighted by Crippen LogP contribution is -2.33. The first kappa shape index (κ1) is 14.4. The topological polar surface area (TPSA) is 130 Å². The summed E-state index contributed by atoms with van der Waals surface area (Å²) < 4.78 is 5.38. The molecule has 0 aliphatic rings. The lowest BCUT2D eigenvalue weighted by Gasteiger charge is -2.07. The molecule has 1 amide bonds. The second kappa shape index (κ2) is 6.42. The number of H-pyrrole nitrogens is 2. The Bertz CT molecular complexity index is 705. The molecule has 1 heterocycles. The average Bonchev–Trinajstić information content (AvgIpc) is 2.44. The van der Waals surface area contributed by atoms with Gasteiger partial charge in [0.2, 0.25) is 0 Å². The minimum absolute atomic E-state index is 0.101. The van der Waals surface area contributed by atoms with Crippen molar-refractivity contribution in [2.24, 2.45) is 0 Å². The Morgan fingerprint density at radius 3 is 2.57 bits per heavy atom.